The molecule has 0 saturated carbocycles. The maximum atomic E-state index is 12.9. The fraction of sp³-hybridized carbons (Fsp3) is 0.391. The Morgan fingerprint density at radius 2 is 1.44 bits per heavy atom. The van der Waals surface area contributed by atoms with Crippen LogP contribution in [-0.2, 0) is 9.59 Å². The Morgan fingerprint density at radius 1 is 0.889 bits per heavy atom. The highest BCUT2D eigenvalue weighted by molar-refractivity contribution is 6.01. The smallest absolute Gasteiger partial charge is 0.232 e. The zero-order valence-electron chi connectivity index (χ0n) is 16.4. The molecule has 2 aromatic rings. The Balaban J connectivity index is 1.95. The van der Waals surface area contributed by atoms with Gasteiger partial charge in [-0.1, -0.05) is 62.6 Å². The third kappa shape index (κ3) is 6.89. The first-order chi connectivity index (χ1) is 13.1. The van der Waals surface area contributed by atoms with Crippen molar-refractivity contribution in [2.24, 2.45) is 0 Å². The van der Waals surface area contributed by atoms with Gasteiger partial charge < -0.3 is 5.32 Å². The molecule has 1 unspecified atom stereocenters. The van der Waals surface area contributed by atoms with Gasteiger partial charge >= 0.3 is 0 Å². The van der Waals surface area contributed by atoms with Crippen molar-refractivity contribution >= 4 is 23.2 Å². The van der Waals surface area contributed by atoms with Gasteiger partial charge in [0.1, 0.15) is 0 Å². The zero-order valence-corrected chi connectivity index (χ0v) is 16.4. The topological polar surface area (TPSA) is 49.4 Å². The lowest BCUT2D eigenvalue weighted by Crippen LogP contribution is -2.34. The average Bonchev–Trinajstić information content (AvgIpc) is 2.68. The lowest BCUT2D eigenvalue weighted by molar-refractivity contribution is -0.125. The minimum absolute atomic E-state index is 0.0616. The lowest BCUT2D eigenvalue weighted by atomic mass is 10.1. The largest absolute Gasteiger partial charge is 0.354 e. The molecule has 0 bridgehead atoms. The molecule has 0 spiro atoms. The maximum Gasteiger partial charge on any atom is 0.232 e. The molecule has 1 atom stereocenters. The number of anilines is 2. The SMILES string of the molecule is CCCCCC(C)NC(=O)CCC(=O)N(c1ccccc1)c1ccccc1. The number of carbonyl (C=O) groups excluding carboxylic acids is 2. The van der Waals surface area contributed by atoms with Crippen molar-refractivity contribution in [2.75, 3.05) is 4.90 Å². The third-order valence-corrected chi connectivity index (χ3v) is 4.49. The van der Waals surface area contributed by atoms with Crippen LogP contribution in [0.5, 0.6) is 0 Å². The van der Waals surface area contributed by atoms with Gasteiger partial charge in [-0.05, 0) is 37.6 Å². The summed E-state index contributed by atoms with van der Waals surface area (Å²) in [6.45, 7) is 4.19. The monoisotopic (exact) mass is 366 g/mol. The van der Waals surface area contributed by atoms with Gasteiger partial charge in [0, 0.05) is 30.3 Å². The minimum Gasteiger partial charge on any atom is -0.354 e. The summed E-state index contributed by atoms with van der Waals surface area (Å²) in [5.41, 5.74) is 1.61. The molecule has 0 aromatic heterocycles. The van der Waals surface area contributed by atoms with Crippen LogP contribution in [0.15, 0.2) is 60.7 Å². The van der Waals surface area contributed by atoms with Gasteiger partial charge in [0.05, 0.1) is 0 Å². The molecular formula is C23H30N2O2. The van der Waals surface area contributed by atoms with E-state index in [1.54, 1.807) is 4.90 Å². The Kier molecular flexibility index (Phi) is 8.56. The van der Waals surface area contributed by atoms with Crippen LogP contribution in [-0.4, -0.2) is 17.9 Å². The van der Waals surface area contributed by atoms with Crippen LogP contribution in [0.1, 0.15) is 52.4 Å². The standard InChI is InChI=1S/C23H30N2O2/c1-3-4-7-12-19(2)24-22(26)17-18-23(27)25(20-13-8-5-9-14-20)21-15-10-6-11-16-21/h5-6,8-11,13-16,19H,3-4,7,12,17-18H2,1-2H3,(H,24,26). The zero-order chi connectivity index (χ0) is 19.5. The highest BCUT2D eigenvalue weighted by atomic mass is 16.2. The second-order valence-corrected chi connectivity index (χ2v) is 6.86. The van der Waals surface area contributed by atoms with E-state index < -0.39 is 0 Å². The summed E-state index contributed by atoms with van der Waals surface area (Å²) in [5.74, 6) is -0.144. The second kappa shape index (κ2) is 11.2. The van der Waals surface area contributed by atoms with Crippen molar-refractivity contribution in [1.82, 2.24) is 5.32 Å². The van der Waals surface area contributed by atoms with E-state index in [2.05, 4.69) is 12.2 Å². The highest BCUT2D eigenvalue weighted by Gasteiger charge is 2.19. The fourth-order valence-electron chi connectivity index (χ4n) is 3.04. The molecule has 2 rings (SSSR count). The number of hydrogen-bond donors (Lipinski definition) is 1. The molecule has 2 amide bonds. The number of hydrogen-bond acceptors (Lipinski definition) is 2. The van der Waals surface area contributed by atoms with E-state index in [1.807, 2.05) is 67.6 Å². The molecule has 1 N–H and O–H groups in total. The van der Waals surface area contributed by atoms with Crippen molar-refractivity contribution in [2.45, 2.75) is 58.4 Å². The molecular weight excluding hydrogens is 336 g/mol. The highest BCUT2D eigenvalue weighted by Crippen LogP contribution is 2.26. The molecule has 0 saturated heterocycles. The summed E-state index contributed by atoms with van der Waals surface area (Å²) in [4.78, 5) is 26.8. The Hall–Kier alpha value is -2.62. The third-order valence-electron chi connectivity index (χ3n) is 4.49. The molecule has 2 aromatic carbocycles. The Labute approximate surface area is 162 Å². The molecule has 0 aliphatic heterocycles. The number of rotatable bonds is 10. The van der Waals surface area contributed by atoms with E-state index in [4.69, 9.17) is 0 Å². The molecule has 0 aliphatic carbocycles. The van der Waals surface area contributed by atoms with Crippen molar-refractivity contribution in [3.8, 4) is 0 Å². The Bertz CT molecular complexity index is 661. The number of carbonyl (C=O) groups is 2. The summed E-state index contributed by atoms with van der Waals surface area (Å²) < 4.78 is 0. The van der Waals surface area contributed by atoms with Crippen molar-refractivity contribution in [3.63, 3.8) is 0 Å². The van der Waals surface area contributed by atoms with Crippen LogP contribution in [0.25, 0.3) is 0 Å². The van der Waals surface area contributed by atoms with Crippen molar-refractivity contribution in [1.29, 1.82) is 0 Å². The fourth-order valence-corrected chi connectivity index (χ4v) is 3.04. The van der Waals surface area contributed by atoms with Gasteiger partial charge in [-0.2, -0.15) is 0 Å². The first-order valence-corrected chi connectivity index (χ1v) is 9.84. The molecule has 27 heavy (non-hydrogen) atoms. The lowest BCUT2D eigenvalue weighted by Gasteiger charge is -2.23. The van der Waals surface area contributed by atoms with Crippen LogP contribution in [0, 0.1) is 0 Å². The van der Waals surface area contributed by atoms with Crippen LogP contribution < -0.4 is 10.2 Å². The number of amides is 2. The van der Waals surface area contributed by atoms with Gasteiger partial charge in [0.15, 0.2) is 0 Å². The predicted octanol–water partition coefficient (Wildman–Crippen LogP) is 5.22. The van der Waals surface area contributed by atoms with Crippen LogP contribution in [0.3, 0.4) is 0 Å². The molecule has 4 nitrogen and oxygen atoms in total. The molecule has 0 fully saturated rings. The van der Waals surface area contributed by atoms with Crippen LogP contribution >= 0.6 is 0 Å². The first kappa shape index (κ1) is 20.7. The maximum absolute atomic E-state index is 12.9. The van der Waals surface area contributed by atoms with Gasteiger partial charge in [-0.15, -0.1) is 0 Å². The molecule has 0 radical (unpaired) electrons. The summed E-state index contributed by atoms with van der Waals surface area (Å²) >= 11 is 0. The molecule has 4 heteroatoms. The average molecular weight is 367 g/mol. The van der Waals surface area contributed by atoms with E-state index in [-0.39, 0.29) is 30.7 Å². The van der Waals surface area contributed by atoms with E-state index >= 15 is 0 Å². The van der Waals surface area contributed by atoms with Crippen LogP contribution in [0.4, 0.5) is 11.4 Å². The summed E-state index contributed by atoms with van der Waals surface area (Å²) in [5, 5.41) is 3.00. The van der Waals surface area contributed by atoms with Crippen molar-refractivity contribution < 1.29 is 9.59 Å². The quantitative estimate of drug-likeness (QED) is 0.586. The van der Waals surface area contributed by atoms with E-state index in [1.165, 1.54) is 12.8 Å². The summed E-state index contributed by atoms with van der Waals surface area (Å²) in [7, 11) is 0. The number of unbranched alkanes of at least 4 members (excludes halogenated alkanes) is 2. The number of para-hydroxylation sites is 2. The predicted molar refractivity (Wildman–Crippen MR) is 111 cm³/mol. The Morgan fingerprint density at radius 3 is 1.96 bits per heavy atom. The van der Waals surface area contributed by atoms with Gasteiger partial charge in [0.2, 0.25) is 11.8 Å². The van der Waals surface area contributed by atoms with Gasteiger partial charge in [-0.25, -0.2) is 0 Å². The van der Waals surface area contributed by atoms with Gasteiger partial charge in [-0.3, -0.25) is 14.5 Å². The normalized spacial score (nSPS) is 11.6. The summed E-state index contributed by atoms with van der Waals surface area (Å²) in [6.07, 6.45) is 4.83. The number of nitrogens with zero attached hydrogens (tertiary/aromatic N) is 1. The van der Waals surface area contributed by atoms with E-state index in [9.17, 15) is 9.59 Å². The van der Waals surface area contributed by atoms with E-state index in [0.717, 1.165) is 24.2 Å². The van der Waals surface area contributed by atoms with Crippen molar-refractivity contribution in [3.05, 3.63) is 60.7 Å². The minimum atomic E-state index is -0.0822. The number of benzene rings is 2. The van der Waals surface area contributed by atoms with Gasteiger partial charge in [0.25, 0.3) is 0 Å². The molecule has 0 aliphatic rings. The molecule has 144 valence electrons. The first-order valence-electron chi connectivity index (χ1n) is 9.84. The summed E-state index contributed by atoms with van der Waals surface area (Å²) in [6, 6.07) is 19.2. The van der Waals surface area contributed by atoms with Crippen LogP contribution in [0.2, 0.25) is 0 Å². The number of nitrogens with one attached hydrogen (secondary N) is 1. The van der Waals surface area contributed by atoms with E-state index in [0.29, 0.717) is 0 Å². The molecule has 0 heterocycles. The second-order valence-electron chi connectivity index (χ2n) is 6.86.